The number of ether oxygens (including phenoxy) is 1. The normalized spacial score (nSPS) is 21.1. The second-order valence-corrected chi connectivity index (χ2v) is 7.70. The predicted octanol–water partition coefficient (Wildman–Crippen LogP) is 2.72. The standard InChI is InChI=1S/C19H25ClN6O/c1-13-9-25(16-11-27-12-16)3-4-26(13)19-6-18(14(7-21)5-17(19)20)23-15-8-22-24(2)10-15/h5-8,10,13,16,21,23H,3-4,9,11-12H2,1-2H3. The van der Waals surface area contributed by atoms with Gasteiger partial charge in [0.2, 0.25) is 0 Å². The third-order valence-electron chi connectivity index (χ3n) is 5.36. The van der Waals surface area contributed by atoms with Gasteiger partial charge in [-0.15, -0.1) is 0 Å². The zero-order valence-corrected chi connectivity index (χ0v) is 16.4. The van der Waals surface area contributed by atoms with Gasteiger partial charge in [0.25, 0.3) is 0 Å². The molecule has 2 aliphatic heterocycles. The van der Waals surface area contributed by atoms with Crippen molar-refractivity contribution in [1.29, 1.82) is 5.41 Å². The predicted molar refractivity (Wildman–Crippen MR) is 109 cm³/mol. The van der Waals surface area contributed by atoms with Gasteiger partial charge < -0.3 is 20.4 Å². The average molecular weight is 389 g/mol. The van der Waals surface area contributed by atoms with Crippen LogP contribution in [0.3, 0.4) is 0 Å². The Hall–Kier alpha value is -2.09. The van der Waals surface area contributed by atoms with Gasteiger partial charge in [-0.3, -0.25) is 9.58 Å². The first kappa shape index (κ1) is 18.3. The molecule has 1 unspecified atom stereocenters. The monoisotopic (exact) mass is 388 g/mol. The number of halogens is 1. The number of piperazine rings is 1. The molecule has 0 aliphatic carbocycles. The van der Waals surface area contributed by atoms with Crippen LogP contribution in [-0.2, 0) is 11.8 Å². The van der Waals surface area contributed by atoms with Crippen molar-refractivity contribution in [2.75, 3.05) is 43.1 Å². The summed E-state index contributed by atoms with van der Waals surface area (Å²) >= 11 is 6.60. The van der Waals surface area contributed by atoms with Crippen LogP contribution in [0, 0.1) is 5.41 Å². The van der Waals surface area contributed by atoms with Gasteiger partial charge in [0.1, 0.15) is 0 Å². The van der Waals surface area contributed by atoms with Crippen molar-refractivity contribution < 1.29 is 4.74 Å². The maximum Gasteiger partial charge on any atom is 0.0770 e. The molecular formula is C19H25ClN6O. The molecule has 144 valence electrons. The van der Waals surface area contributed by atoms with E-state index in [0.29, 0.717) is 17.1 Å². The summed E-state index contributed by atoms with van der Waals surface area (Å²) in [4.78, 5) is 4.87. The van der Waals surface area contributed by atoms with E-state index in [9.17, 15) is 0 Å². The molecule has 2 N–H and O–H groups in total. The van der Waals surface area contributed by atoms with Crippen molar-refractivity contribution in [2.45, 2.75) is 19.0 Å². The third-order valence-corrected chi connectivity index (χ3v) is 5.67. The fourth-order valence-electron chi connectivity index (χ4n) is 3.78. The fraction of sp³-hybridized carbons (Fsp3) is 0.474. The minimum atomic E-state index is 0.355. The highest BCUT2D eigenvalue weighted by Gasteiger charge is 2.33. The topological polar surface area (TPSA) is 69.4 Å². The van der Waals surface area contributed by atoms with E-state index in [2.05, 4.69) is 27.1 Å². The minimum Gasteiger partial charge on any atom is -0.378 e. The molecule has 1 aromatic heterocycles. The summed E-state index contributed by atoms with van der Waals surface area (Å²) in [5.41, 5.74) is 3.51. The first-order chi connectivity index (χ1) is 13.0. The Kier molecular flexibility index (Phi) is 5.08. The maximum absolute atomic E-state index is 7.73. The number of rotatable bonds is 5. The van der Waals surface area contributed by atoms with Gasteiger partial charge in [-0.05, 0) is 19.1 Å². The van der Waals surface area contributed by atoms with Crippen molar-refractivity contribution in [3.8, 4) is 0 Å². The first-order valence-corrected chi connectivity index (χ1v) is 9.61. The second-order valence-electron chi connectivity index (χ2n) is 7.29. The van der Waals surface area contributed by atoms with Crippen LogP contribution in [0.1, 0.15) is 12.5 Å². The van der Waals surface area contributed by atoms with Crippen LogP contribution in [0.25, 0.3) is 0 Å². The van der Waals surface area contributed by atoms with E-state index >= 15 is 0 Å². The number of hydrogen-bond acceptors (Lipinski definition) is 6. The summed E-state index contributed by atoms with van der Waals surface area (Å²) < 4.78 is 7.09. The second kappa shape index (κ2) is 7.50. The number of anilines is 3. The highest BCUT2D eigenvalue weighted by atomic mass is 35.5. The summed E-state index contributed by atoms with van der Waals surface area (Å²) in [6.07, 6.45) is 5.00. The highest BCUT2D eigenvalue weighted by molar-refractivity contribution is 6.33. The summed E-state index contributed by atoms with van der Waals surface area (Å²) in [7, 11) is 1.88. The molecule has 0 bridgehead atoms. The van der Waals surface area contributed by atoms with Crippen LogP contribution >= 0.6 is 11.6 Å². The lowest BCUT2D eigenvalue weighted by Crippen LogP contribution is -2.59. The van der Waals surface area contributed by atoms with Crippen LogP contribution in [-0.4, -0.2) is 65.8 Å². The molecule has 4 rings (SSSR count). The highest BCUT2D eigenvalue weighted by Crippen LogP contribution is 2.35. The number of nitrogens with one attached hydrogen (secondary N) is 2. The van der Waals surface area contributed by atoms with Crippen molar-refractivity contribution in [1.82, 2.24) is 14.7 Å². The van der Waals surface area contributed by atoms with Crippen molar-refractivity contribution in [3.05, 3.63) is 35.1 Å². The molecule has 3 heterocycles. The van der Waals surface area contributed by atoms with Crippen LogP contribution < -0.4 is 10.2 Å². The van der Waals surface area contributed by atoms with E-state index in [1.807, 2.05) is 25.4 Å². The lowest BCUT2D eigenvalue weighted by Gasteiger charge is -2.46. The maximum atomic E-state index is 7.73. The van der Waals surface area contributed by atoms with Crippen molar-refractivity contribution in [3.63, 3.8) is 0 Å². The van der Waals surface area contributed by atoms with Crippen molar-refractivity contribution in [2.24, 2.45) is 7.05 Å². The first-order valence-electron chi connectivity index (χ1n) is 9.23. The molecule has 2 aromatic rings. The van der Waals surface area contributed by atoms with E-state index in [1.165, 1.54) is 6.21 Å². The Morgan fingerprint density at radius 1 is 1.33 bits per heavy atom. The van der Waals surface area contributed by atoms with Gasteiger partial charge in [-0.1, -0.05) is 11.6 Å². The molecule has 0 spiro atoms. The van der Waals surface area contributed by atoms with E-state index in [-0.39, 0.29) is 0 Å². The number of hydrogen-bond donors (Lipinski definition) is 2. The molecule has 1 aromatic carbocycles. The lowest BCUT2D eigenvalue weighted by molar-refractivity contribution is -0.0691. The smallest absolute Gasteiger partial charge is 0.0770 e. The summed E-state index contributed by atoms with van der Waals surface area (Å²) in [6.45, 7) is 6.87. The molecule has 2 saturated heterocycles. The Labute approximate surface area is 164 Å². The SMILES string of the molecule is CC1CN(C2COC2)CCN1c1cc(Nc2cnn(C)c2)c(C=N)cc1Cl. The lowest BCUT2D eigenvalue weighted by atomic mass is 10.1. The minimum absolute atomic E-state index is 0.355. The molecule has 0 saturated carbocycles. The van der Waals surface area contributed by atoms with E-state index < -0.39 is 0 Å². The van der Waals surface area contributed by atoms with E-state index in [4.69, 9.17) is 21.7 Å². The zero-order chi connectivity index (χ0) is 19.0. The quantitative estimate of drug-likeness (QED) is 0.771. The van der Waals surface area contributed by atoms with Gasteiger partial charge in [0.15, 0.2) is 0 Å². The Balaban J connectivity index is 1.58. The van der Waals surface area contributed by atoms with Gasteiger partial charge in [-0.25, -0.2) is 0 Å². The molecule has 7 nitrogen and oxygen atoms in total. The molecule has 2 aliphatic rings. The molecular weight excluding hydrogens is 364 g/mol. The molecule has 2 fully saturated rings. The molecule has 8 heteroatoms. The van der Waals surface area contributed by atoms with Crippen molar-refractivity contribution >= 4 is 34.9 Å². The Bertz CT molecular complexity index is 834. The van der Waals surface area contributed by atoms with Gasteiger partial charge >= 0.3 is 0 Å². The fourth-order valence-corrected chi connectivity index (χ4v) is 4.06. The van der Waals surface area contributed by atoms with E-state index in [1.54, 1.807) is 10.9 Å². The average Bonchev–Trinajstić information content (AvgIpc) is 3.00. The van der Waals surface area contributed by atoms with Crippen LogP contribution in [0.4, 0.5) is 17.1 Å². The van der Waals surface area contributed by atoms with E-state index in [0.717, 1.165) is 55.5 Å². The van der Waals surface area contributed by atoms with Crippen LogP contribution in [0.2, 0.25) is 5.02 Å². The molecule has 1 atom stereocenters. The number of aryl methyl sites for hydroxylation is 1. The summed E-state index contributed by atoms with van der Waals surface area (Å²) in [6, 6.07) is 4.83. The Morgan fingerprint density at radius 2 is 2.15 bits per heavy atom. The number of benzene rings is 1. The largest absolute Gasteiger partial charge is 0.378 e. The zero-order valence-electron chi connectivity index (χ0n) is 15.7. The van der Waals surface area contributed by atoms with Crippen LogP contribution in [0.5, 0.6) is 0 Å². The van der Waals surface area contributed by atoms with Gasteiger partial charge in [0.05, 0.1) is 41.8 Å². The summed E-state index contributed by atoms with van der Waals surface area (Å²) in [5.74, 6) is 0. The number of nitrogens with zero attached hydrogens (tertiary/aromatic N) is 4. The number of aromatic nitrogens is 2. The molecule has 27 heavy (non-hydrogen) atoms. The summed E-state index contributed by atoms with van der Waals surface area (Å²) in [5, 5.41) is 16.0. The molecule has 0 amide bonds. The van der Waals surface area contributed by atoms with Gasteiger partial charge in [0, 0.05) is 56.4 Å². The third kappa shape index (κ3) is 3.67. The van der Waals surface area contributed by atoms with Crippen LogP contribution in [0.15, 0.2) is 24.5 Å². The van der Waals surface area contributed by atoms with Gasteiger partial charge in [-0.2, -0.15) is 5.10 Å². The molecule has 0 radical (unpaired) electrons. The Morgan fingerprint density at radius 3 is 2.74 bits per heavy atom.